The van der Waals surface area contributed by atoms with E-state index >= 15 is 0 Å². The van der Waals surface area contributed by atoms with Gasteiger partial charge in [-0.25, -0.2) is 18.4 Å². The first-order valence-corrected chi connectivity index (χ1v) is 7.87. The van der Waals surface area contributed by atoms with E-state index < -0.39 is 10.0 Å². The first kappa shape index (κ1) is 14.6. The summed E-state index contributed by atoms with van der Waals surface area (Å²) >= 11 is 5.57. The second kappa shape index (κ2) is 5.70. The molecule has 0 spiro atoms. The van der Waals surface area contributed by atoms with E-state index in [9.17, 15) is 8.42 Å². The minimum Gasteiger partial charge on any atom is -0.305 e. The Morgan fingerprint density at radius 1 is 1.42 bits per heavy atom. The van der Waals surface area contributed by atoms with Crippen LogP contribution in [0.4, 0.5) is 0 Å². The van der Waals surface area contributed by atoms with Gasteiger partial charge in [0.05, 0.1) is 12.4 Å². The van der Waals surface area contributed by atoms with Gasteiger partial charge >= 0.3 is 0 Å². The van der Waals surface area contributed by atoms with Crippen LogP contribution in [0.3, 0.4) is 0 Å². The van der Waals surface area contributed by atoms with E-state index in [0.717, 1.165) is 25.9 Å². The number of aromatic nitrogens is 2. The van der Waals surface area contributed by atoms with Crippen molar-refractivity contribution < 1.29 is 8.42 Å². The van der Waals surface area contributed by atoms with Crippen LogP contribution in [0.1, 0.15) is 12.8 Å². The Balaban J connectivity index is 2.21. The number of likely N-dealkylation sites (N-methyl/N-ethyl adjacent to an activating group) is 2. The van der Waals surface area contributed by atoms with Crippen molar-refractivity contribution in [3.63, 3.8) is 0 Å². The predicted octanol–water partition coefficient (Wildman–Crippen LogP) is 0.845. The minimum atomic E-state index is -3.56. The van der Waals surface area contributed by atoms with Crippen LogP contribution in [0.25, 0.3) is 0 Å². The summed E-state index contributed by atoms with van der Waals surface area (Å²) in [4.78, 5) is 9.67. The number of likely N-dealkylation sites (tertiary alicyclic amines) is 1. The molecule has 2 rings (SSSR count). The molecule has 1 aliphatic heterocycles. The summed E-state index contributed by atoms with van der Waals surface area (Å²) in [7, 11) is 0.0472. The van der Waals surface area contributed by atoms with Crippen LogP contribution in [0.15, 0.2) is 17.3 Å². The molecule has 106 valence electrons. The topological polar surface area (TPSA) is 66.4 Å². The SMILES string of the molecule is CN1CCCC(N(C)S(=O)(=O)c2cnc(Cl)nc2)C1. The standard InChI is InChI=1S/C11H17ClN4O2S/c1-15-5-3-4-9(8-15)16(2)19(17,18)10-6-13-11(12)14-7-10/h6-7,9H,3-5,8H2,1-2H3. The van der Waals surface area contributed by atoms with Gasteiger partial charge in [-0.15, -0.1) is 0 Å². The molecule has 1 saturated heterocycles. The Morgan fingerprint density at radius 3 is 2.63 bits per heavy atom. The van der Waals surface area contributed by atoms with Gasteiger partial charge < -0.3 is 4.90 Å². The summed E-state index contributed by atoms with van der Waals surface area (Å²) in [6.45, 7) is 1.75. The summed E-state index contributed by atoms with van der Waals surface area (Å²) in [6, 6.07) is -0.0144. The van der Waals surface area contributed by atoms with Gasteiger partial charge in [0.1, 0.15) is 4.90 Å². The van der Waals surface area contributed by atoms with E-state index in [1.54, 1.807) is 7.05 Å². The van der Waals surface area contributed by atoms with Gasteiger partial charge in [0.2, 0.25) is 15.3 Å². The van der Waals surface area contributed by atoms with Gasteiger partial charge in [-0.2, -0.15) is 4.31 Å². The number of nitrogens with zero attached hydrogens (tertiary/aromatic N) is 4. The van der Waals surface area contributed by atoms with Crippen molar-refractivity contribution in [2.45, 2.75) is 23.8 Å². The van der Waals surface area contributed by atoms with Crippen LogP contribution in [-0.2, 0) is 10.0 Å². The Morgan fingerprint density at radius 2 is 2.05 bits per heavy atom. The predicted molar refractivity (Wildman–Crippen MR) is 72.5 cm³/mol. The van der Waals surface area contributed by atoms with Gasteiger partial charge in [0.15, 0.2) is 0 Å². The van der Waals surface area contributed by atoms with Crippen molar-refractivity contribution >= 4 is 21.6 Å². The summed E-state index contributed by atoms with van der Waals surface area (Å²) in [6.07, 6.45) is 4.36. The number of hydrogen-bond acceptors (Lipinski definition) is 5. The lowest BCUT2D eigenvalue weighted by molar-refractivity contribution is 0.187. The zero-order valence-corrected chi connectivity index (χ0v) is 12.5. The lowest BCUT2D eigenvalue weighted by Crippen LogP contribution is -2.47. The lowest BCUT2D eigenvalue weighted by Gasteiger charge is -2.34. The van der Waals surface area contributed by atoms with Gasteiger partial charge in [-0.05, 0) is 38.0 Å². The van der Waals surface area contributed by atoms with Gasteiger partial charge in [0.25, 0.3) is 0 Å². The fourth-order valence-electron chi connectivity index (χ4n) is 2.23. The summed E-state index contributed by atoms with van der Waals surface area (Å²) in [5.74, 6) is 0. The molecule has 0 aromatic carbocycles. The Kier molecular flexibility index (Phi) is 4.39. The van der Waals surface area contributed by atoms with E-state index in [-0.39, 0.29) is 16.2 Å². The van der Waals surface area contributed by atoms with Crippen LogP contribution in [0.2, 0.25) is 5.28 Å². The molecule has 1 aromatic rings. The molecule has 0 saturated carbocycles. The number of rotatable bonds is 3. The van der Waals surface area contributed by atoms with Gasteiger partial charge in [-0.1, -0.05) is 0 Å². The molecule has 0 aliphatic carbocycles. The summed E-state index contributed by atoms with van der Waals surface area (Å²) < 4.78 is 26.3. The molecule has 1 aromatic heterocycles. The van der Waals surface area contributed by atoms with Crippen LogP contribution in [0.5, 0.6) is 0 Å². The van der Waals surface area contributed by atoms with E-state index in [0.29, 0.717) is 0 Å². The maximum Gasteiger partial charge on any atom is 0.246 e. The molecule has 19 heavy (non-hydrogen) atoms. The average molecular weight is 305 g/mol. The monoisotopic (exact) mass is 304 g/mol. The fraction of sp³-hybridized carbons (Fsp3) is 0.636. The van der Waals surface area contributed by atoms with Crippen molar-refractivity contribution in [3.8, 4) is 0 Å². The highest BCUT2D eigenvalue weighted by atomic mass is 35.5. The smallest absolute Gasteiger partial charge is 0.246 e. The van der Waals surface area contributed by atoms with Crippen LogP contribution in [0, 0.1) is 0 Å². The van der Waals surface area contributed by atoms with Crippen LogP contribution in [-0.4, -0.2) is 60.8 Å². The average Bonchev–Trinajstić information content (AvgIpc) is 2.38. The zero-order chi connectivity index (χ0) is 14.0. The number of halogens is 1. The van der Waals surface area contributed by atoms with Crippen molar-refractivity contribution in [2.24, 2.45) is 0 Å². The van der Waals surface area contributed by atoms with Crippen molar-refractivity contribution in [1.82, 2.24) is 19.2 Å². The van der Waals surface area contributed by atoms with E-state index in [1.807, 2.05) is 7.05 Å². The molecule has 0 bridgehead atoms. The highest BCUT2D eigenvalue weighted by molar-refractivity contribution is 7.89. The molecular weight excluding hydrogens is 288 g/mol. The third-order valence-electron chi connectivity index (χ3n) is 3.39. The largest absolute Gasteiger partial charge is 0.305 e. The molecule has 1 atom stereocenters. The second-order valence-electron chi connectivity index (χ2n) is 4.77. The fourth-order valence-corrected chi connectivity index (χ4v) is 3.60. The number of piperidine rings is 1. The van der Waals surface area contributed by atoms with Crippen molar-refractivity contribution in [1.29, 1.82) is 0 Å². The van der Waals surface area contributed by atoms with Crippen molar-refractivity contribution in [2.75, 3.05) is 27.2 Å². The molecule has 8 heteroatoms. The maximum atomic E-state index is 12.4. The highest BCUT2D eigenvalue weighted by Crippen LogP contribution is 2.21. The lowest BCUT2D eigenvalue weighted by atomic mass is 10.1. The van der Waals surface area contributed by atoms with Gasteiger partial charge in [0, 0.05) is 19.6 Å². The third-order valence-corrected chi connectivity index (χ3v) is 5.45. The highest BCUT2D eigenvalue weighted by Gasteiger charge is 2.30. The minimum absolute atomic E-state index is 0.0144. The van der Waals surface area contributed by atoms with Crippen molar-refractivity contribution in [3.05, 3.63) is 17.7 Å². The van der Waals surface area contributed by atoms with E-state index in [1.165, 1.54) is 16.7 Å². The molecule has 1 unspecified atom stereocenters. The quantitative estimate of drug-likeness (QED) is 0.774. The van der Waals surface area contributed by atoms with E-state index in [4.69, 9.17) is 11.6 Å². The summed E-state index contributed by atoms with van der Waals surface area (Å²) in [5.41, 5.74) is 0. The number of hydrogen-bond donors (Lipinski definition) is 0. The summed E-state index contributed by atoms with van der Waals surface area (Å²) in [5, 5.41) is 0.0407. The third kappa shape index (κ3) is 3.22. The molecule has 1 aliphatic rings. The molecule has 6 nitrogen and oxygen atoms in total. The molecular formula is C11H17ClN4O2S. The second-order valence-corrected chi connectivity index (χ2v) is 7.10. The molecule has 0 amide bonds. The maximum absolute atomic E-state index is 12.4. The number of sulfonamides is 1. The molecule has 2 heterocycles. The first-order chi connectivity index (χ1) is 8.91. The first-order valence-electron chi connectivity index (χ1n) is 6.05. The van der Waals surface area contributed by atoms with Crippen LogP contribution < -0.4 is 0 Å². The molecule has 0 radical (unpaired) electrons. The Bertz CT molecular complexity index is 534. The zero-order valence-electron chi connectivity index (χ0n) is 11.0. The van der Waals surface area contributed by atoms with Crippen LogP contribution >= 0.6 is 11.6 Å². The molecule has 1 fully saturated rings. The normalized spacial score (nSPS) is 21.8. The Hall–Kier alpha value is -0.760. The Labute approximate surface area is 118 Å². The molecule has 0 N–H and O–H groups in total. The van der Waals surface area contributed by atoms with Gasteiger partial charge in [-0.3, -0.25) is 0 Å². The van der Waals surface area contributed by atoms with E-state index in [2.05, 4.69) is 14.9 Å².